The van der Waals surface area contributed by atoms with E-state index in [1.165, 1.54) is 26.4 Å². The summed E-state index contributed by atoms with van der Waals surface area (Å²) in [4.78, 5) is 12.0. The molecule has 1 unspecified atom stereocenters. The number of benzene rings is 1. The summed E-state index contributed by atoms with van der Waals surface area (Å²) >= 11 is 6.14. The van der Waals surface area contributed by atoms with Crippen LogP contribution in [0.25, 0.3) is 0 Å². The van der Waals surface area contributed by atoms with Gasteiger partial charge < -0.3 is 10.1 Å². The predicted octanol–water partition coefficient (Wildman–Crippen LogP) is 3.87. The molecule has 0 aromatic heterocycles. The number of hydrogen-bond acceptors (Lipinski definition) is 3. The van der Waals surface area contributed by atoms with Crippen molar-refractivity contribution >= 4 is 23.3 Å². The van der Waals surface area contributed by atoms with Crippen LogP contribution in [0.4, 0.5) is 5.69 Å². The number of carbonyl (C=O) groups excluding carboxylic acids is 1. The molecule has 1 aromatic rings. The van der Waals surface area contributed by atoms with Gasteiger partial charge in [-0.2, -0.15) is 0 Å². The number of carbonyl (C=O) groups is 1. The van der Waals surface area contributed by atoms with Gasteiger partial charge in [0.2, 0.25) is 0 Å². The number of ether oxygens (including phenoxy) is 1. The van der Waals surface area contributed by atoms with Gasteiger partial charge in [0.15, 0.2) is 0 Å². The molecular weight excluding hydrogens is 262 g/mol. The van der Waals surface area contributed by atoms with Crippen LogP contribution in [-0.4, -0.2) is 19.1 Å². The lowest BCUT2D eigenvalue weighted by Crippen LogP contribution is -2.39. The number of anilines is 1. The SMILES string of the molecule is COC(=O)C(Nc1ccccc1Cl)C1CCCCC1. The van der Waals surface area contributed by atoms with E-state index in [0.717, 1.165) is 18.5 Å². The van der Waals surface area contributed by atoms with E-state index in [0.29, 0.717) is 10.9 Å². The summed E-state index contributed by atoms with van der Waals surface area (Å²) in [5.41, 5.74) is 0.796. The second kappa shape index (κ2) is 6.80. The van der Waals surface area contributed by atoms with E-state index >= 15 is 0 Å². The first-order valence-electron chi connectivity index (χ1n) is 6.81. The first-order valence-corrected chi connectivity index (χ1v) is 7.19. The Balaban J connectivity index is 2.13. The van der Waals surface area contributed by atoms with Crippen molar-refractivity contribution in [3.05, 3.63) is 29.3 Å². The Morgan fingerprint density at radius 3 is 2.63 bits per heavy atom. The van der Waals surface area contributed by atoms with Gasteiger partial charge in [-0.3, -0.25) is 0 Å². The molecule has 0 radical (unpaired) electrons. The number of para-hydroxylation sites is 1. The smallest absolute Gasteiger partial charge is 0.328 e. The highest BCUT2D eigenvalue weighted by Crippen LogP contribution is 2.30. The van der Waals surface area contributed by atoms with Gasteiger partial charge in [0.05, 0.1) is 17.8 Å². The Kier molecular flexibility index (Phi) is 5.08. The van der Waals surface area contributed by atoms with Crippen LogP contribution in [0.1, 0.15) is 32.1 Å². The monoisotopic (exact) mass is 281 g/mol. The van der Waals surface area contributed by atoms with E-state index in [4.69, 9.17) is 16.3 Å². The summed E-state index contributed by atoms with van der Waals surface area (Å²) in [5.74, 6) is 0.129. The van der Waals surface area contributed by atoms with Gasteiger partial charge in [0.1, 0.15) is 6.04 Å². The van der Waals surface area contributed by atoms with Crippen molar-refractivity contribution in [1.29, 1.82) is 0 Å². The molecule has 19 heavy (non-hydrogen) atoms. The Bertz CT molecular complexity index is 430. The van der Waals surface area contributed by atoms with Crippen LogP contribution in [0.15, 0.2) is 24.3 Å². The van der Waals surface area contributed by atoms with Crippen molar-refractivity contribution in [2.75, 3.05) is 12.4 Å². The molecule has 4 heteroatoms. The van der Waals surface area contributed by atoms with Crippen molar-refractivity contribution < 1.29 is 9.53 Å². The molecule has 1 atom stereocenters. The highest BCUT2D eigenvalue weighted by atomic mass is 35.5. The van der Waals surface area contributed by atoms with Crippen LogP contribution in [0, 0.1) is 5.92 Å². The summed E-state index contributed by atoms with van der Waals surface area (Å²) in [5, 5.41) is 3.89. The quantitative estimate of drug-likeness (QED) is 0.852. The molecule has 0 saturated heterocycles. The zero-order valence-electron chi connectivity index (χ0n) is 11.2. The van der Waals surface area contributed by atoms with E-state index < -0.39 is 0 Å². The van der Waals surface area contributed by atoms with E-state index in [1.54, 1.807) is 0 Å². The zero-order chi connectivity index (χ0) is 13.7. The third kappa shape index (κ3) is 3.63. The largest absolute Gasteiger partial charge is 0.467 e. The molecule has 2 rings (SSSR count). The van der Waals surface area contributed by atoms with Crippen molar-refractivity contribution in [2.45, 2.75) is 38.1 Å². The summed E-state index contributed by atoms with van der Waals surface area (Å²) in [6.07, 6.45) is 5.76. The molecule has 1 aliphatic rings. The Hall–Kier alpha value is -1.22. The minimum Gasteiger partial charge on any atom is -0.467 e. The fourth-order valence-electron chi connectivity index (χ4n) is 2.71. The molecule has 0 amide bonds. The highest BCUT2D eigenvalue weighted by Gasteiger charge is 2.30. The topological polar surface area (TPSA) is 38.3 Å². The number of rotatable bonds is 4. The van der Waals surface area contributed by atoms with Crippen LogP contribution in [0.5, 0.6) is 0 Å². The Morgan fingerprint density at radius 1 is 1.32 bits per heavy atom. The Labute approximate surface area is 119 Å². The number of esters is 1. The standard InChI is InChI=1S/C15H20ClNO2/c1-19-15(18)14(11-7-3-2-4-8-11)17-13-10-6-5-9-12(13)16/h5-6,9-11,14,17H,2-4,7-8H2,1H3. The fraction of sp³-hybridized carbons (Fsp3) is 0.533. The molecule has 1 saturated carbocycles. The van der Waals surface area contributed by atoms with Crippen molar-refractivity contribution in [3.8, 4) is 0 Å². The molecule has 3 nitrogen and oxygen atoms in total. The fourth-order valence-corrected chi connectivity index (χ4v) is 2.90. The first-order chi connectivity index (χ1) is 9.22. The number of nitrogens with one attached hydrogen (secondary N) is 1. The van der Waals surface area contributed by atoms with Gasteiger partial charge in [0, 0.05) is 0 Å². The molecule has 0 bridgehead atoms. The first kappa shape index (κ1) is 14.2. The van der Waals surface area contributed by atoms with Gasteiger partial charge in [-0.25, -0.2) is 4.79 Å². The average molecular weight is 282 g/mol. The molecule has 0 spiro atoms. The minimum absolute atomic E-state index is 0.202. The maximum Gasteiger partial charge on any atom is 0.328 e. The lowest BCUT2D eigenvalue weighted by molar-refractivity contribution is -0.143. The van der Waals surface area contributed by atoms with Gasteiger partial charge in [-0.05, 0) is 30.9 Å². The molecule has 104 valence electrons. The van der Waals surface area contributed by atoms with E-state index in [2.05, 4.69) is 5.32 Å². The second-order valence-electron chi connectivity index (χ2n) is 5.02. The summed E-state index contributed by atoms with van der Waals surface area (Å²) < 4.78 is 4.93. The normalized spacial score (nSPS) is 17.8. The number of hydrogen-bond donors (Lipinski definition) is 1. The number of methoxy groups -OCH3 is 1. The number of halogens is 1. The van der Waals surface area contributed by atoms with Crippen LogP contribution in [0.2, 0.25) is 5.02 Å². The molecule has 1 aliphatic carbocycles. The summed E-state index contributed by atoms with van der Waals surface area (Å²) in [6.45, 7) is 0. The zero-order valence-corrected chi connectivity index (χ0v) is 12.0. The third-order valence-electron chi connectivity index (χ3n) is 3.76. The van der Waals surface area contributed by atoms with Gasteiger partial charge >= 0.3 is 5.97 Å². The maximum atomic E-state index is 12.0. The van der Waals surface area contributed by atoms with Gasteiger partial charge in [-0.1, -0.05) is 43.0 Å². The van der Waals surface area contributed by atoms with E-state index in [-0.39, 0.29) is 12.0 Å². The third-order valence-corrected chi connectivity index (χ3v) is 4.09. The minimum atomic E-state index is -0.301. The predicted molar refractivity (Wildman–Crippen MR) is 77.5 cm³/mol. The van der Waals surface area contributed by atoms with Crippen molar-refractivity contribution in [1.82, 2.24) is 0 Å². The van der Waals surface area contributed by atoms with E-state index in [9.17, 15) is 4.79 Å². The molecule has 1 fully saturated rings. The molecule has 0 heterocycles. The maximum absolute atomic E-state index is 12.0. The summed E-state index contributed by atoms with van der Waals surface area (Å²) in [6, 6.07) is 7.19. The lowest BCUT2D eigenvalue weighted by Gasteiger charge is -2.29. The van der Waals surface area contributed by atoms with Crippen LogP contribution < -0.4 is 5.32 Å². The van der Waals surface area contributed by atoms with Crippen LogP contribution >= 0.6 is 11.6 Å². The summed E-state index contributed by atoms with van der Waals surface area (Å²) in [7, 11) is 1.44. The van der Waals surface area contributed by atoms with Gasteiger partial charge in [-0.15, -0.1) is 0 Å². The second-order valence-corrected chi connectivity index (χ2v) is 5.43. The molecule has 1 N–H and O–H groups in total. The van der Waals surface area contributed by atoms with Crippen molar-refractivity contribution in [3.63, 3.8) is 0 Å². The average Bonchev–Trinajstić information content (AvgIpc) is 2.46. The Morgan fingerprint density at radius 2 is 2.00 bits per heavy atom. The molecule has 0 aliphatic heterocycles. The molecule has 1 aromatic carbocycles. The molecular formula is C15H20ClNO2. The van der Waals surface area contributed by atoms with E-state index in [1.807, 2.05) is 24.3 Å². The lowest BCUT2D eigenvalue weighted by atomic mass is 9.83. The van der Waals surface area contributed by atoms with Crippen LogP contribution in [-0.2, 0) is 9.53 Å². The highest BCUT2D eigenvalue weighted by molar-refractivity contribution is 6.33. The van der Waals surface area contributed by atoms with Crippen molar-refractivity contribution in [2.24, 2.45) is 5.92 Å². The van der Waals surface area contributed by atoms with Gasteiger partial charge in [0.25, 0.3) is 0 Å². The van der Waals surface area contributed by atoms with Crippen LogP contribution in [0.3, 0.4) is 0 Å².